The summed E-state index contributed by atoms with van der Waals surface area (Å²) in [6.45, 7) is 2.56. The maximum atomic E-state index is 12.6. The van der Waals surface area contributed by atoms with Crippen molar-refractivity contribution in [3.05, 3.63) is 65.2 Å². The summed E-state index contributed by atoms with van der Waals surface area (Å²) < 4.78 is 26.6. The molecule has 0 bridgehead atoms. The Hall–Kier alpha value is -2.34. The topological polar surface area (TPSA) is 66.5 Å². The molecular weight excluding hydrogens is 336 g/mol. The first-order valence-electron chi connectivity index (χ1n) is 8.36. The van der Waals surface area contributed by atoms with E-state index in [1.807, 2.05) is 55.5 Å². The van der Waals surface area contributed by atoms with Crippen molar-refractivity contribution in [3.63, 3.8) is 0 Å². The number of benzene rings is 2. The second kappa shape index (κ2) is 7.27. The van der Waals surface area contributed by atoms with Gasteiger partial charge >= 0.3 is 0 Å². The molecule has 1 aliphatic heterocycles. The van der Waals surface area contributed by atoms with Crippen LogP contribution in [-0.2, 0) is 27.7 Å². The summed E-state index contributed by atoms with van der Waals surface area (Å²) in [5.74, 6) is -0.261. The molecule has 1 heterocycles. The van der Waals surface area contributed by atoms with E-state index >= 15 is 0 Å². The van der Waals surface area contributed by atoms with Crippen molar-refractivity contribution in [1.82, 2.24) is 5.32 Å². The van der Waals surface area contributed by atoms with Gasteiger partial charge in [-0.2, -0.15) is 0 Å². The predicted octanol–water partition coefficient (Wildman–Crippen LogP) is 2.05. The minimum absolute atomic E-state index is 0.0963. The molecule has 0 radical (unpaired) electrons. The third-order valence-corrected chi connectivity index (χ3v) is 6.08. The van der Waals surface area contributed by atoms with Crippen LogP contribution in [0.25, 0.3) is 0 Å². The van der Waals surface area contributed by atoms with Gasteiger partial charge in [0, 0.05) is 13.1 Å². The number of para-hydroxylation sites is 1. The van der Waals surface area contributed by atoms with Crippen LogP contribution in [0.5, 0.6) is 0 Å². The summed E-state index contributed by atoms with van der Waals surface area (Å²) in [6, 6.07) is 15.3. The molecule has 25 heavy (non-hydrogen) atoms. The van der Waals surface area contributed by atoms with Crippen LogP contribution < -0.4 is 9.62 Å². The van der Waals surface area contributed by atoms with Gasteiger partial charge in [0.1, 0.15) is 0 Å². The fraction of sp³-hybridized carbons (Fsp3) is 0.316. The molecule has 0 atom stereocenters. The Morgan fingerprint density at radius 3 is 2.76 bits per heavy atom. The number of aryl methyl sites for hydroxylation is 1. The fourth-order valence-corrected chi connectivity index (χ4v) is 4.52. The predicted molar refractivity (Wildman–Crippen MR) is 99.2 cm³/mol. The molecule has 0 aromatic heterocycles. The third kappa shape index (κ3) is 4.20. The first kappa shape index (κ1) is 17.5. The van der Waals surface area contributed by atoms with E-state index in [1.54, 1.807) is 0 Å². The number of anilines is 1. The molecule has 0 aliphatic carbocycles. The molecule has 1 aliphatic rings. The van der Waals surface area contributed by atoms with E-state index in [0.29, 0.717) is 6.54 Å². The molecule has 0 spiro atoms. The van der Waals surface area contributed by atoms with Crippen LogP contribution in [0.2, 0.25) is 0 Å². The zero-order valence-electron chi connectivity index (χ0n) is 14.2. The summed E-state index contributed by atoms with van der Waals surface area (Å²) >= 11 is 0. The van der Waals surface area contributed by atoms with Gasteiger partial charge in [0.2, 0.25) is 15.9 Å². The number of hydrogen-bond acceptors (Lipinski definition) is 3. The normalized spacial score (nSPS) is 13.6. The highest BCUT2D eigenvalue weighted by atomic mass is 32.2. The molecule has 1 N–H and O–H groups in total. The molecule has 132 valence electrons. The molecule has 0 unspecified atom stereocenters. The number of sulfonamides is 1. The maximum absolute atomic E-state index is 12.6. The van der Waals surface area contributed by atoms with Crippen LogP contribution >= 0.6 is 0 Å². The lowest BCUT2D eigenvalue weighted by Gasteiger charge is -2.19. The lowest BCUT2D eigenvalue weighted by Crippen LogP contribution is -2.37. The molecule has 5 nitrogen and oxygen atoms in total. The first-order valence-corrected chi connectivity index (χ1v) is 9.97. The average Bonchev–Trinajstić information content (AvgIpc) is 2.99. The lowest BCUT2D eigenvalue weighted by atomic mass is 10.1. The van der Waals surface area contributed by atoms with E-state index in [4.69, 9.17) is 0 Å². The highest BCUT2D eigenvalue weighted by Crippen LogP contribution is 2.29. The van der Waals surface area contributed by atoms with Gasteiger partial charge in [-0.05, 0) is 30.5 Å². The molecular formula is C19H22N2O3S. The van der Waals surface area contributed by atoms with Gasteiger partial charge in [-0.25, -0.2) is 8.42 Å². The molecule has 2 aromatic rings. The molecule has 1 amide bonds. The van der Waals surface area contributed by atoms with Crippen LogP contribution in [0, 0.1) is 6.92 Å². The second-order valence-electron chi connectivity index (χ2n) is 6.28. The molecule has 2 aromatic carbocycles. The van der Waals surface area contributed by atoms with E-state index in [0.717, 1.165) is 28.8 Å². The molecule has 6 heteroatoms. The largest absolute Gasteiger partial charge is 0.355 e. The molecule has 0 fully saturated rings. The highest BCUT2D eigenvalue weighted by molar-refractivity contribution is 7.92. The number of amides is 1. The van der Waals surface area contributed by atoms with Crippen LogP contribution in [0.1, 0.15) is 16.7 Å². The Kier molecular flexibility index (Phi) is 5.08. The van der Waals surface area contributed by atoms with Gasteiger partial charge in [-0.15, -0.1) is 0 Å². The van der Waals surface area contributed by atoms with Gasteiger partial charge in [0.25, 0.3) is 0 Å². The summed E-state index contributed by atoms with van der Waals surface area (Å²) in [7, 11) is -3.43. The van der Waals surface area contributed by atoms with Crippen molar-refractivity contribution in [2.75, 3.05) is 23.1 Å². The summed E-state index contributed by atoms with van der Waals surface area (Å²) in [5, 5.41) is 2.71. The minimum atomic E-state index is -3.43. The van der Waals surface area contributed by atoms with E-state index in [9.17, 15) is 13.2 Å². The lowest BCUT2D eigenvalue weighted by molar-refractivity contribution is -0.120. The van der Waals surface area contributed by atoms with Gasteiger partial charge in [0.15, 0.2) is 0 Å². The number of rotatable bonds is 6. The Morgan fingerprint density at radius 1 is 1.16 bits per heavy atom. The quantitative estimate of drug-likeness (QED) is 0.859. The molecule has 3 rings (SSSR count). The van der Waals surface area contributed by atoms with Crippen LogP contribution in [0.3, 0.4) is 0 Å². The summed E-state index contributed by atoms with van der Waals surface area (Å²) in [4.78, 5) is 12.0. The van der Waals surface area contributed by atoms with Gasteiger partial charge in [-0.3, -0.25) is 9.10 Å². The monoisotopic (exact) mass is 358 g/mol. The average molecular weight is 358 g/mol. The van der Waals surface area contributed by atoms with Crippen molar-refractivity contribution in [1.29, 1.82) is 0 Å². The van der Waals surface area contributed by atoms with Crippen molar-refractivity contribution < 1.29 is 13.2 Å². The fourth-order valence-electron chi connectivity index (χ4n) is 3.10. The highest BCUT2D eigenvalue weighted by Gasteiger charge is 2.28. The Labute approximate surface area is 148 Å². The van der Waals surface area contributed by atoms with Gasteiger partial charge < -0.3 is 5.32 Å². The number of carbonyl (C=O) groups excluding carboxylic acids is 1. The van der Waals surface area contributed by atoms with Crippen LogP contribution in [0.15, 0.2) is 48.5 Å². The summed E-state index contributed by atoms with van der Waals surface area (Å²) in [5.41, 5.74) is 3.83. The number of nitrogens with zero attached hydrogens (tertiary/aromatic N) is 1. The minimum Gasteiger partial charge on any atom is -0.355 e. The number of nitrogens with one attached hydrogen (secondary N) is 1. The van der Waals surface area contributed by atoms with E-state index < -0.39 is 10.0 Å². The third-order valence-electron chi connectivity index (χ3n) is 4.31. The summed E-state index contributed by atoms with van der Waals surface area (Å²) in [6.07, 6.45) is 0.989. The number of fused-ring (bicyclic) bond motifs is 1. The second-order valence-corrected chi connectivity index (χ2v) is 8.30. The van der Waals surface area contributed by atoms with E-state index in [2.05, 4.69) is 5.32 Å². The Balaban J connectivity index is 1.54. The van der Waals surface area contributed by atoms with Crippen molar-refractivity contribution in [2.24, 2.45) is 0 Å². The van der Waals surface area contributed by atoms with Crippen LogP contribution in [-0.4, -0.2) is 33.2 Å². The van der Waals surface area contributed by atoms with Crippen molar-refractivity contribution >= 4 is 21.6 Å². The zero-order chi connectivity index (χ0) is 17.9. The number of hydrogen-bond donors (Lipinski definition) is 1. The van der Waals surface area contributed by atoms with Gasteiger partial charge in [-0.1, -0.05) is 48.0 Å². The first-order chi connectivity index (χ1) is 12.0. The Morgan fingerprint density at radius 2 is 1.96 bits per heavy atom. The SMILES string of the molecule is Cc1cccc(CC(=O)NCCS(=O)(=O)N2CCc3ccccc32)c1. The smallest absolute Gasteiger partial charge is 0.236 e. The number of carbonyl (C=O) groups is 1. The van der Waals surface area contributed by atoms with Gasteiger partial charge in [0.05, 0.1) is 17.9 Å². The molecule has 0 saturated carbocycles. The zero-order valence-corrected chi connectivity index (χ0v) is 15.1. The van der Waals surface area contributed by atoms with Crippen molar-refractivity contribution in [2.45, 2.75) is 19.8 Å². The molecule has 0 saturated heterocycles. The van der Waals surface area contributed by atoms with E-state index in [-0.39, 0.29) is 24.6 Å². The Bertz CT molecular complexity index is 878. The maximum Gasteiger partial charge on any atom is 0.236 e. The van der Waals surface area contributed by atoms with Crippen molar-refractivity contribution in [3.8, 4) is 0 Å². The van der Waals surface area contributed by atoms with E-state index in [1.165, 1.54) is 4.31 Å². The van der Waals surface area contributed by atoms with Crippen LogP contribution in [0.4, 0.5) is 5.69 Å². The standard InChI is InChI=1S/C19H22N2O3S/c1-15-5-4-6-16(13-15)14-19(22)20-10-12-25(23,24)21-11-9-17-7-2-3-8-18(17)21/h2-8,13H,9-12,14H2,1H3,(H,20,22).